The Hall–Kier alpha value is -0.950. The Balaban J connectivity index is 1.66. The number of carbonyl (C=O) groups is 1. The molecular weight excluding hydrogens is 288 g/mol. The lowest BCUT2D eigenvalue weighted by atomic mass is 9.98. The van der Waals surface area contributed by atoms with Crippen LogP contribution in [0.15, 0.2) is 16.8 Å². The molecule has 0 radical (unpaired) electrons. The van der Waals surface area contributed by atoms with Crippen LogP contribution in [0.3, 0.4) is 0 Å². The summed E-state index contributed by atoms with van der Waals surface area (Å²) < 4.78 is 0. The molecule has 21 heavy (non-hydrogen) atoms. The molecule has 0 unspecified atom stereocenters. The van der Waals surface area contributed by atoms with Crippen molar-refractivity contribution in [1.82, 2.24) is 10.2 Å². The van der Waals surface area contributed by atoms with Crippen LogP contribution in [0, 0.1) is 11.8 Å². The average molecular weight is 310 g/mol. The van der Waals surface area contributed by atoms with Gasteiger partial charge in [-0.1, -0.05) is 0 Å². The van der Waals surface area contributed by atoms with Gasteiger partial charge in [-0.3, -0.25) is 9.69 Å². The van der Waals surface area contributed by atoms with Gasteiger partial charge < -0.3 is 15.5 Å². The third-order valence-electron chi connectivity index (χ3n) is 4.66. The van der Waals surface area contributed by atoms with E-state index in [1.807, 2.05) is 16.8 Å². The van der Waals surface area contributed by atoms with Crippen molar-refractivity contribution in [3.63, 3.8) is 0 Å². The fourth-order valence-corrected chi connectivity index (χ4v) is 3.88. The Labute approximate surface area is 128 Å². The maximum Gasteiger partial charge on any atom is 0.252 e. The molecule has 116 valence electrons. The minimum Gasteiger partial charge on any atom is -0.395 e. The van der Waals surface area contributed by atoms with Crippen LogP contribution in [0.25, 0.3) is 0 Å². The molecule has 5 nitrogen and oxygen atoms in total. The van der Waals surface area contributed by atoms with Gasteiger partial charge in [0.05, 0.1) is 19.3 Å². The van der Waals surface area contributed by atoms with E-state index < -0.39 is 0 Å². The van der Waals surface area contributed by atoms with E-state index in [4.69, 9.17) is 0 Å². The van der Waals surface area contributed by atoms with Gasteiger partial charge in [-0.05, 0) is 36.1 Å². The molecule has 6 heteroatoms. The van der Waals surface area contributed by atoms with Crippen LogP contribution in [0.1, 0.15) is 23.2 Å². The van der Waals surface area contributed by atoms with E-state index in [0.29, 0.717) is 23.9 Å². The fraction of sp³-hybridized carbons (Fsp3) is 0.667. The molecule has 2 atom stereocenters. The highest BCUT2D eigenvalue weighted by molar-refractivity contribution is 7.08. The number of nitrogens with zero attached hydrogens (tertiary/aromatic N) is 1. The van der Waals surface area contributed by atoms with Gasteiger partial charge in [-0.15, -0.1) is 0 Å². The average Bonchev–Trinajstić information content (AvgIpc) is 3.02. The second-order valence-electron chi connectivity index (χ2n) is 6.07. The SMILES string of the molecule is O=C(N[C@H]1CN(C(CO)CO)C[C@@H]1C1CC1)c1ccsc1. The Kier molecular flexibility index (Phi) is 4.59. The normalized spacial score (nSPS) is 26.4. The molecule has 0 aromatic carbocycles. The first kappa shape index (κ1) is 15.0. The molecular formula is C15H22N2O3S. The predicted molar refractivity (Wildman–Crippen MR) is 81.3 cm³/mol. The highest BCUT2D eigenvalue weighted by Gasteiger charge is 2.44. The first-order chi connectivity index (χ1) is 10.2. The van der Waals surface area contributed by atoms with Crippen molar-refractivity contribution in [3.05, 3.63) is 22.4 Å². The summed E-state index contributed by atoms with van der Waals surface area (Å²) in [5.41, 5.74) is 0.717. The van der Waals surface area contributed by atoms with Gasteiger partial charge in [-0.2, -0.15) is 11.3 Å². The predicted octanol–water partition coefficient (Wildman–Crippen LogP) is 0.542. The number of aliphatic hydroxyl groups excluding tert-OH is 2. The van der Waals surface area contributed by atoms with E-state index in [1.165, 1.54) is 24.2 Å². The molecule has 1 aliphatic heterocycles. The van der Waals surface area contributed by atoms with E-state index in [-0.39, 0.29) is 31.2 Å². The highest BCUT2D eigenvalue weighted by atomic mass is 32.1. The number of hydrogen-bond acceptors (Lipinski definition) is 5. The monoisotopic (exact) mass is 310 g/mol. The van der Waals surface area contributed by atoms with E-state index in [9.17, 15) is 15.0 Å². The van der Waals surface area contributed by atoms with E-state index in [2.05, 4.69) is 10.2 Å². The number of nitrogens with one attached hydrogen (secondary N) is 1. The number of amides is 1. The molecule has 2 heterocycles. The minimum atomic E-state index is -0.214. The van der Waals surface area contributed by atoms with Gasteiger partial charge in [0.1, 0.15) is 0 Å². The number of likely N-dealkylation sites (tertiary alicyclic amines) is 1. The zero-order valence-corrected chi connectivity index (χ0v) is 12.8. The fourth-order valence-electron chi connectivity index (χ4n) is 3.25. The first-order valence-corrected chi connectivity index (χ1v) is 8.46. The maximum atomic E-state index is 12.2. The van der Waals surface area contributed by atoms with Crippen molar-refractivity contribution in [1.29, 1.82) is 0 Å². The van der Waals surface area contributed by atoms with Crippen LogP contribution < -0.4 is 5.32 Å². The number of thiophene rings is 1. The highest BCUT2D eigenvalue weighted by Crippen LogP contribution is 2.41. The third-order valence-corrected chi connectivity index (χ3v) is 5.34. The van der Waals surface area contributed by atoms with Crippen molar-refractivity contribution >= 4 is 17.2 Å². The summed E-state index contributed by atoms with van der Waals surface area (Å²) >= 11 is 1.52. The molecule has 2 aliphatic rings. The molecule has 1 saturated heterocycles. The van der Waals surface area contributed by atoms with Crippen LogP contribution in [-0.4, -0.2) is 59.4 Å². The van der Waals surface area contributed by atoms with Crippen molar-refractivity contribution in [2.75, 3.05) is 26.3 Å². The third kappa shape index (κ3) is 3.29. The van der Waals surface area contributed by atoms with E-state index >= 15 is 0 Å². The van der Waals surface area contributed by atoms with Gasteiger partial charge in [-0.25, -0.2) is 0 Å². The number of aliphatic hydroxyl groups is 2. The lowest BCUT2D eigenvalue weighted by molar-refractivity contribution is 0.0853. The molecule has 2 fully saturated rings. The second-order valence-corrected chi connectivity index (χ2v) is 6.85. The summed E-state index contributed by atoms with van der Waals surface area (Å²) in [6, 6.07) is 1.74. The lowest BCUT2D eigenvalue weighted by Gasteiger charge is -2.24. The van der Waals surface area contributed by atoms with Crippen molar-refractivity contribution in [3.8, 4) is 0 Å². The van der Waals surface area contributed by atoms with Crippen LogP contribution in [0.4, 0.5) is 0 Å². The summed E-state index contributed by atoms with van der Waals surface area (Å²) in [6.07, 6.45) is 2.46. The molecule has 0 spiro atoms. The minimum absolute atomic E-state index is 0.0155. The smallest absolute Gasteiger partial charge is 0.252 e. The van der Waals surface area contributed by atoms with Crippen LogP contribution in [0.5, 0.6) is 0 Å². The van der Waals surface area contributed by atoms with Gasteiger partial charge in [0, 0.05) is 30.1 Å². The van der Waals surface area contributed by atoms with Gasteiger partial charge in [0.25, 0.3) is 5.91 Å². The van der Waals surface area contributed by atoms with Crippen molar-refractivity contribution < 1.29 is 15.0 Å². The van der Waals surface area contributed by atoms with Gasteiger partial charge in [0.15, 0.2) is 0 Å². The van der Waals surface area contributed by atoms with E-state index in [1.54, 1.807) is 0 Å². The summed E-state index contributed by atoms with van der Waals surface area (Å²) in [7, 11) is 0. The zero-order chi connectivity index (χ0) is 14.8. The number of carbonyl (C=O) groups excluding carboxylic acids is 1. The molecule has 1 amide bonds. The molecule has 0 bridgehead atoms. The Morgan fingerprint density at radius 2 is 2.14 bits per heavy atom. The topological polar surface area (TPSA) is 72.8 Å². The van der Waals surface area contributed by atoms with Crippen molar-refractivity contribution in [2.45, 2.75) is 24.9 Å². The molecule has 3 N–H and O–H groups in total. The van der Waals surface area contributed by atoms with Gasteiger partial charge >= 0.3 is 0 Å². The molecule has 1 aromatic rings. The lowest BCUT2D eigenvalue weighted by Crippen LogP contribution is -2.43. The van der Waals surface area contributed by atoms with Crippen molar-refractivity contribution in [2.24, 2.45) is 11.8 Å². The molecule has 1 saturated carbocycles. The standard InChI is InChI=1S/C15H22N2O3S/c18-7-12(8-19)17-5-13(10-1-2-10)14(6-17)16-15(20)11-3-4-21-9-11/h3-4,9-10,12-14,18-19H,1-2,5-8H2,(H,16,20)/t13-,14+/m1/s1. The number of rotatable bonds is 6. The molecule has 1 aromatic heterocycles. The largest absolute Gasteiger partial charge is 0.395 e. The Bertz CT molecular complexity index is 471. The zero-order valence-electron chi connectivity index (χ0n) is 11.9. The quantitative estimate of drug-likeness (QED) is 0.717. The van der Waals surface area contributed by atoms with Gasteiger partial charge in [0.2, 0.25) is 0 Å². The molecule has 3 rings (SSSR count). The summed E-state index contributed by atoms with van der Waals surface area (Å²) in [5.74, 6) is 1.10. The van der Waals surface area contributed by atoms with Crippen LogP contribution in [-0.2, 0) is 0 Å². The Morgan fingerprint density at radius 3 is 2.71 bits per heavy atom. The summed E-state index contributed by atoms with van der Waals surface area (Å²) in [5, 5.41) is 25.6. The summed E-state index contributed by atoms with van der Waals surface area (Å²) in [6.45, 7) is 1.48. The first-order valence-electron chi connectivity index (χ1n) is 7.51. The van der Waals surface area contributed by atoms with E-state index in [0.717, 1.165) is 6.54 Å². The number of hydrogen-bond donors (Lipinski definition) is 3. The van der Waals surface area contributed by atoms with Crippen LogP contribution >= 0.6 is 11.3 Å². The Morgan fingerprint density at radius 1 is 1.38 bits per heavy atom. The second kappa shape index (κ2) is 6.44. The van der Waals surface area contributed by atoms with Crippen LogP contribution in [0.2, 0.25) is 0 Å². The summed E-state index contributed by atoms with van der Waals surface area (Å²) in [4.78, 5) is 14.4. The molecule has 1 aliphatic carbocycles. The maximum absolute atomic E-state index is 12.2.